The quantitative estimate of drug-likeness (QED) is 0.557. The third kappa shape index (κ3) is 4.77. The lowest BCUT2D eigenvalue weighted by Crippen LogP contribution is -2.44. The zero-order valence-electron chi connectivity index (χ0n) is 9.73. The molecular formula is C8H17BrN2O4S. The van der Waals surface area contributed by atoms with Gasteiger partial charge in [-0.15, -0.1) is 0 Å². The summed E-state index contributed by atoms with van der Waals surface area (Å²) < 4.78 is 31.2. The SMILES string of the molecule is COC(=O)C(Br)CNS(=O)(=O)N(C)C(C)C. The van der Waals surface area contributed by atoms with Crippen molar-refractivity contribution in [3.63, 3.8) is 0 Å². The predicted molar refractivity (Wildman–Crippen MR) is 64.6 cm³/mol. The number of hydrogen-bond acceptors (Lipinski definition) is 4. The van der Waals surface area contributed by atoms with Crippen LogP contribution in [0.1, 0.15) is 13.8 Å². The number of esters is 1. The van der Waals surface area contributed by atoms with Gasteiger partial charge in [0.05, 0.1) is 7.11 Å². The van der Waals surface area contributed by atoms with E-state index in [1.807, 2.05) is 0 Å². The van der Waals surface area contributed by atoms with Crippen molar-refractivity contribution in [1.82, 2.24) is 9.03 Å². The van der Waals surface area contributed by atoms with Crippen molar-refractivity contribution in [3.8, 4) is 0 Å². The lowest BCUT2D eigenvalue weighted by Gasteiger charge is -2.21. The van der Waals surface area contributed by atoms with E-state index in [-0.39, 0.29) is 12.6 Å². The van der Waals surface area contributed by atoms with Gasteiger partial charge in [0, 0.05) is 19.6 Å². The molecule has 1 unspecified atom stereocenters. The van der Waals surface area contributed by atoms with Gasteiger partial charge in [0.1, 0.15) is 4.83 Å². The summed E-state index contributed by atoms with van der Waals surface area (Å²) in [6.07, 6.45) is 0. The molecule has 0 saturated heterocycles. The molecule has 0 heterocycles. The van der Waals surface area contributed by atoms with E-state index in [9.17, 15) is 13.2 Å². The Morgan fingerprint density at radius 1 is 1.50 bits per heavy atom. The van der Waals surface area contributed by atoms with E-state index in [2.05, 4.69) is 25.4 Å². The zero-order chi connectivity index (χ0) is 12.9. The van der Waals surface area contributed by atoms with Crippen molar-refractivity contribution >= 4 is 32.1 Å². The van der Waals surface area contributed by atoms with Crippen LogP contribution in [0.4, 0.5) is 0 Å². The summed E-state index contributed by atoms with van der Waals surface area (Å²) in [6.45, 7) is 3.46. The van der Waals surface area contributed by atoms with Crippen LogP contribution in [-0.2, 0) is 19.7 Å². The minimum atomic E-state index is -3.55. The fraction of sp³-hybridized carbons (Fsp3) is 0.875. The topological polar surface area (TPSA) is 75.7 Å². The summed E-state index contributed by atoms with van der Waals surface area (Å²) in [5.74, 6) is -0.519. The molecule has 0 aliphatic carbocycles. The van der Waals surface area contributed by atoms with Crippen LogP contribution in [0, 0.1) is 0 Å². The molecule has 96 valence electrons. The molecule has 0 spiro atoms. The van der Waals surface area contributed by atoms with Crippen LogP contribution in [-0.4, -0.2) is 50.3 Å². The molecule has 1 atom stereocenters. The normalized spacial score (nSPS) is 14.2. The van der Waals surface area contributed by atoms with Crippen LogP contribution in [0.15, 0.2) is 0 Å². The maximum Gasteiger partial charge on any atom is 0.320 e. The van der Waals surface area contributed by atoms with Gasteiger partial charge in [-0.05, 0) is 13.8 Å². The van der Waals surface area contributed by atoms with Gasteiger partial charge >= 0.3 is 5.97 Å². The number of alkyl halides is 1. The fourth-order valence-electron chi connectivity index (χ4n) is 0.769. The highest BCUT2D eigenvalue weighted by atomic mass is 79.9. The van der Waals surface area contributed by atoms with E-state index in [1.54, 1.807) is 13.8 Å². The highest BCUT2D eigenvalue weighted by molar-refractivity contribution is 9.10. The molecule has 0 aromatic heterocycles. The minimum absolute atomic E-state index is 0.0495. The smallest absolute Gasteiger partial charge is 0.320 e. The van der Waals surface area contributed by atoms with Crippen LogP contribution in [0.25, 0.3) is 0 Å². The van der Waals surface area contributed by atoms with Gasteiger partial charge in [-0.25, -0.2) is 4.72 Å². The van der Waals surface area contributed by atoms with Gasteiger partial charge in [0.2, 0.25) is 0 Å². The number of nitrogens with zero attached hydrogens (tertiary/aromatic N) is 1. The van der Waals surface area contributed by atoms with Crippen molar-refractivity contribution in [2.45, 2.75) is 24.7 Å². The Bertz CT molecular complexity index is 331. The first-order chi connectivity index (χ1) is 7.22. The van der Waals surface area contributed by atoms with E-state index in [4.69, 9.17) is 0 Å². The number of nitrogens with one attached hydrogen (secondary N) is 1. The molecule has 0 rings (SSSR count). The Labute approximate surface area is 105 Å². The molecule has 16 heavy (non-hydrogen) atoms. The number of ether oxygens (including phenoxy) is 1. The largest absolute Gasteiger partial charge is 0.468 e. The third-order valence-electron chi connectivity index (χ3n) is 2.01. The maximum absolute atomic E-state index is 11.6. The molecule has 0 aliphatic rings. The van der Waals surface area contributed by atoms with E-state index < -0.39 is 21.0 Å². The standard InChI is InChI=1S/C8H17BrN2O4S/c1-6(2)11(3)16(13,14)10-5-7(9)8(12)15-4/h6-7,10H,5H2,1-4H3. The second kappa shape index (κ2) is 6.53. The van der Waals surface area contributed by atoms with Crippen molar-refractivity contribution in [2.75, 3.05) is 20.7 Å². The predicted octanol–water partition coefficient (Wildman–Crippen LogP) is 0.0975. The number of carbonyl (C=O) groups is 1. The molecule has 8 heteroatoms. The van der Waals surface area contributed by atoms with Crippen LogP contribution >= 0.6 is 15.9 Å². The Morgan fingerprint density at radius 2 is 2.00 bits per heavy atom. The van der Waals surface area contributed by atoms with Crippen molar-refractivity contribution < 1.29 is 17.9 Å². The Morgan fingerprint density at radius 3 is 2.38 bits per heavy atom. The van der Waals surface area contributed by atoms with Crippen molar-refractivity contribution in [3.05, 3.63) is 0 Å². The molecule has 6 nitrogen and oxygen atoms in total. The summed E-state index contributed by atoms with van der Waals surface area (Å²) in [5.41, 5.74) is 0. The molecule has 1 N–H and O–H groups in total. The van der Waals surface area contributed by atoms with Crippen LogP contribution in [0.2, 0.25) is 0 Å². The summed E-state index contributed by atoms with van der Waals surface area (Å²) in [7, 11) is -0.843. The van der Waals surface area contributed by atoms with E-state index in [0.717, 1.165) is 0 Å². The lowest BCUT2D eigenvalue weighted by atomic mass is 10.4. The molecule has 0 aromatic rings. The van der Waals surface area contributed by atoms with E-state index in [0.29, 0.717) is 0 Å². The Hall–Kier alpha value is -0.180. The average Bonchev–Trinajstić information content (AvgIpc) is 2.23. The van der Waals surface area contributed by atoms with Gasteiger partial charge in [-0.3, -0.25) is 4.79 Å². The third-order valence-corrected chi connectivity index (χ3v) is 4.42. The molecule has 0 saturated carbocycles. The van der Waals surface area contributed by atoms with Crippen molar-refractivity contribution in [1.29, 1.82) is 0 Å². The minimum Gasteiger partial charge on any atom is -0.468 e. The monoisotopic (exact) mass is 316 g/mol. The van der Waals surface area contributed by atoms with Crippen LogP contribution < -0.4 is 4.72 Å². The number of rotatable bonds is 6. The summed E-state index contributed by atoms with van der Waals surface area (Å²) in [6, 6.07) is -0.149. The Kier molecular flexibility index (Phi) is 6.46. The van der Waals surface area contributed by atoms with Gasteiger partial charge in [0.15, 0.2) is 0 Å². The highest BCUT2D eigenvalue weighted by Crippen LogP contribution is 2.04. The summed E-state index contributed by atoms with van der Waals surface area (Å²) >= 11 is 3.02. The number of carbonyl (C=O) groups excluding carboxylic acids is 1. The molecule has 0 fully saturated rings. The molecule has 0 aromatic carbocycles. The first-order valence-electron chi connectivity index (χ1n) is 4.67. The zero-order valence-corrected chi connectivity index (χ0v) is 12.1. The summed E-state index contributed by atoms with van der Waals surface area (Å²) in [4.78, 5) is 10.3. The maximum atomic E-state index is 11.6. The van der Waals surface area contributed by atoms with Gasteiger partial charge in [-0.2, -0.15) is 12.7 Å². The van der Waals surface area contributed by atoms with Gasteiger partial charge < -0.3 is 4.74 Å². The average molecular weight is 317 g/mol. The number of halogens is 1. The van der Waals surface area contributed by atoms with Crippen LogP contribution in [0.3, 0.4) is 0 Å². The molecule has 0 radical (unpaired) electrons. The molecular weight excluding hydrogens is 300 g/mol. The van der Waals surface area contributed by atoms with Crippen LogP contribution in [0.5, 0.6) is 0 Å². The van der Waals surface area contributed by atoms with Gasteiger partial charge in [-0.1, -0.05) is 15.9 Å². The van der Waals surface area contributed by atoms with Gasteiger partial charge in [0.25, 0.3) is 10.2 Å². The molecule has 0 bridgehead atoms. The van der Waals surface area contributed by atoms with E-state index in [1.165, 1.54) is 18.5 Å². The first-order valence-corrected chi connectivity index (χ1v) is 7.02. The Balaban J connectivity index is 4.36. The lowest BCUT2D eigenvalue weighted by molar-refractivity contribution is -0.139. The summed E-state index contributed by atoms with van der Waals surface area (Å²) in [5, 5.41) is 0. The highest BCUT2D eigenvalue weighted by Gasteiger charge is 2.23. The fourth-order valence-corrected chi connectivity index (χ4v) is 2.47. The first kappa shape index (κ1) is 15.8. The number of methoxy groups -OCH3 is 1. The second-order valence-corrected chi connectivity index (χ2v) is 6.37. The van der Waals surface area contributed by atoms with E-state index >= 15 is 0 Å². The molecule has 0 amide bonds. The van der Waals surface area contributed by atoms with Crippen molar-refractivity contribution in [2.24, 2.45) is 0 Å². The molecule has 0 aliphatic heterocycles. The second-order valence-electron chi connectivity index (χ2n) is 3.45. The number of hydrogen-bond donors (Lipinski definition) is 1.